The highest BCUT2D eigenvalue weighted by Crippen LogP contribution is 2.39. The molecular formula is C18H18BrNO4. The summed E-state index contributed by atoms with van der Waals surface area (Å²) in [6.45, 7) is 0.654. The highest BCUT2D eigenvalue weighted by molar-refractivity contribution is 9.10. The summed E-state index contributed by atoms with van der Waals surface area (Å²) in [4.78, 5) is 14.8. The minimum Gasteiger partial charge on any atom is -0.493 e. The van der Waals surface area contributed by atoms with Crippen LogP contribution in [-0.4, -0.2) is 33.8 Å². The van der Waals surface area contributed by atoms with Crippen molar-refractivity contribution >= 4 is 27.5 Å². The molecule has 2 aromatic rings. The van der Waals surface area contributed by atoms with Crippen LogP contribution in [0.1, 0.15) is 15.9 Å². The summed E-state index contributed by atoms with van der Waals surface area (Å²) in [6.07, 6.45) is 0.846. The van der Waals surface area contributed by atoms with E-state index in [2.05, 4.69) is 15.9 Å². The van der Waals surface area contributed by atoms with E-state index in [9.17, 15) is 4.79 Å². The van der Waals surface area contributed by atoms with Gasteiger partial charge in [0.1, 0.15) is 0 Å². The largest absolute Gasteiger partial charge is 0.493 e. The smallest absolute Gasteiger partial charge is 0.258 e. The molecule has 3 rings (SSSR count). The van der Waals surface area contributed by atoms with Crippen molar-refractivity contribution in [3.63, 3.8) is 0 Å². The van der Waals surface area contributed by atoms with Crippen LogP contribution < -0.4 is 19.1 Å². The molecule has 1 heterocycles. The number of fused-ring (bicyclic) bond motifs is 1. The van der Waals surface area contributed by atoms with Crippen LogP contribution in [0.3, 0.4) is 0 Å². The minimum absolute atomic E-state index is 0.0916. The van der Waals surface area contributed by atoms with E-state index in [0.29, 0.717) is 29.4 Å². The quantitative estimate of drug-likeness (QED) is 0.797. The maximum absolute atomic E-state index is 13.0. The number of hydrogen-bond donors (Lipinski definition) is 0. The molecule has 0 unspecified atom stereocenters. The first-order valence-electron chi connectivity index (χ1n) is 7.49. The zero-order valence-corrected chi connectivity index (χ0v) is 15.3. The molecule has 0 N–H and O–H groups in total. The summed E-state index contributed by atoms with van der Waals surface area (Å²) in [5.41, 5.74) is 2.60. The maximum atomic E-state index is 13.0. The molecule has 0 radical (unpaired) electrons. The Morgan fingerprint density at radius 1 is 1.04 bits per heavy atom. The van der Waals surface area contributed by atoms with Gasteiger partial charge in [0.05, 0.1) is 21.3 Å². The van der Waals surface area contributed by atoms with Crippen LogP contribution in [0.25, 0.3) is 0 Å². The summed E-state index contributed by atoms with van der Waals surface area (Å²) in [6, 6.07) is 9.37. The van der Waals surface area contributed by atoms with E-state index in [0.717, 1.165) is 16.6 Å². The number of amides is 1. The number of rotatable bonds is 4. The normalized spacial score (nSPS) is 12.8. The summed E-state index contributed by atoms with van der Waals surface area (Å²) in [5, 5.41) is 0. The average Bonchev–Trinajstić information content (AvgIpc) is 3.02. The highest BCUT2D eigenvalue weighted by Gasteiger charge is 2.27. The monoisotopic (exact) mass is 391 g/mol. The topological polar surface area (TPSA) is 48.0 Å². The molecule has 1 aliphatic rings. The third-order valence-corrected chi connectivity index (χ3v) is 4.59. The van der Waals surface area contributed by atoms with Gasteiger partial charge in [-0.2, -0.15) is 0 Å². The zero-order chi connectivity index (χ0) is 17.3. The molecule has 0 aromatic heterocycles. The molecule has 126 valence electrons. The molecule has 1 aliphatic heterocycles. The van der Waals surface area contributed by atoms with Gasteiger partial charge in [-0.25, -0.2) is 0 Å². The second-order valence-electron chi connectivity index (χ2n) is 5.39. The van der Waals surface area contributed by atoms with Crippen molar-refractivity contribution in [1.82, 2.24) is 0 Å². The van der Waals surface area contributed by atoms with Crippen LogP contribution in [0, 0.1) is 0 Å². The fraction of sp³-hybridized carbons (Fsp3) is 0.278. The molecule has 0 atom stereocenters. The van der Waals surface area contributed by atoms with Gasteiger partial charge >= 0.3 is 0 Å². The number of ether oxygens (including phenoxy) is 3. The van der Waals surface area contributed by atoms with Gasteiger partial charge in [-0.3, -0.25) is 4.79 Å². The Labute approximate surface area is 149 Å². The number of anilines is 1. The maximum Gasteiger partial charge on any atom is 0.258 e. The van der Waals surface area contributed by atoms with E-state index in [-0.39, 0.29) is 5.91 Å². The number of nitrogens with zero attached hydrogens (tertiary/aromatic N) is 1. The minimum atomic E-state index is -0.0916. The molecule has 1 amide bonds. The molecular weight excluding hydrogens is 374 g/mol. The summed E-state index contributed by atoms with van der Waals surface area (Å²) in [7, 11) is 4.61. The van der Waals surface area contributed by atoms with Crippen LogP contribution in [-0.2, 0) is 6.42 Å². The molecule has 0 fully saturated rings. The van der Waals surface area contributed by atoms with Gasteiger partial charge in [0.2, 0.25) is 5.75 Å². The first-order chi connectivity index (χ1) is 11.6. The fourth-order valence-electron chi connectivity index (χ4n) is 2.92. The van der Waals surface area contributed by atoms with Gasteiger partial charge in [-0.1, -0.05) is 22.0 Å². The van der Waals surface area contributed by atoms with Crippen LogP contribution >= 0.6 is 15.9 Å². The third-order valence-electron chi connectivity index (χ3n) is 4.10. The van der Waals surface area contributed by atoms with Crippen molar-refractivity contribution in [2.45, 2.75) is 6.42 Å². The Balaban J connectivity index is 2.02. The molecule has 2 aromatic carbocycles. The van der Waals surface area contributed by atoms with Gasteiger partial charge in [-0.05, 0) is 36.2 Å². The summed E-state index contributed by atoms with van der Waals surface area (Å²) >= 11 is 3.47. The Bertz CT molecular complexity index is 766. The standard InChI is InChI=1S/C18H18BrNO4/c1-22-15-8-12(9-16(23-2)17(15)24-3)18(21)20-7-6-11-4-5-13(19)10-14(11)20/h4-5,8-10H,6-7H2,1-3H3. The number of halogens is 1. The van der Waals surface area contributed by atoms with Crippen LogP contribution in [0.5, 0.6) is 17.2 Å². The lowest BCUT2D eigenvalue weighted by molar-refractivity contribution is 0.0988. The van der Waals surface area contributed by atoms with E-state index in [1.807, 2.05) is 18.2 Å². The van der Waals surface area contributed by atoms with Gasteiger partial charge in [0, 0.05) is 22.3 Å². The molecule has 0 spiro atoms. The van der Waals surface area contributed by atoms with Crippen molar-refractivity contribution in [2.75, 3.05) is 32.8 Å². The van der Waals surface area contributed by atoms with Crippen molar-refractivity contribution in [3.05, 3.63) is 45.9 Å². The predicted octanol–water partition coefficient (Wildman–Crippen LogP) is 3.68. The van der Waals surface area contributed by atoms with Gasteiger partial charge in [-0.15, -0.1) is 0 Å². The first kappa shape index (κ1) is 16.6. The molecule has 5 nitrogen and oxygen atoms in total. The summed E-state index contributed by atoms with van der Waals surface area (Å²) in [5.74, 6) is 1.31. The Hall–Kier alpha value is -2.21. The lowest BCUT2D eigenvalue weighted by Gasteiger charge is -2.19. The Morgan fingerprint density at radius 2 is 1.71 bits per heavy atom. The number of methoxy groups -OCH3 is 3. The van der Waals surface area contributed by atoms with Crippen molar-refractivity contribution in [1.29, 1.82) is 0 Å². The van der Waals surface area contributed by atoms with Crippen molar-refractivity contribution in [2.24, 2.45) is 0 Å². The Morgan fingerprint density at radius 3 is 2.29 bits per heavy atom. The average molecular weight is 392 g/mol. The van der Waals surface area contributed by atoms with E-state index in [1.54, 1.807) is 17.0 Å². The molecule has 0 saturated heterocycles. The van der Waals surface area contributed by atoms with E-state index < -0.39 is 0 Å². The Kier molecular flexibility index (Phi) is 4.66. The van der Waals surface area contributed by atoms with E-state index in [4.69, 9.17) is 14.2 Å². The lowest BCUT2D eigenvalue weighted by atomic mass is 10.1. The van der Waals surface area contributed by atoms with Crippen LogP contribution in [0.2, 0.25) is 0 Å². The summed E-state index contributed by atoms with van der Waals surface area (Å²) < 4.78 is 16.9. The van der Waals surface area contributed by atoms with Gasteiger partial charge in [0.25, 0.3) is 5.91 Å². The second kappa shape index (κ2) is 6.73. The van der Waals surface area contributed by atoms with Crippen molar-refractivity contribution in [3.8, 4) is 17.2 Å². The number of benzene rings is 2. The highest BCUT2D eigenvalue weighted by atomic mass is 79.9. The van der Waals surface area contributed by atoms with Gasteiger partial charge < -0.3 is 19.1 Å². The number of carbonyl (C=O) groups excluding carboxylic acids is 1. The SMILES string of the molecule is COc1cc(C(=O)N2CCc3ccc(Br)cc32)cc(OC)c1OC. The first-order valence-corrected chi connectivity index (χ1v) is 8.28. The number of carbonyl (C=O) groups is 1. The molecule has 24 heavy (non-hydrogen) atoms. The van der Waals surface area contributed by atoms with E-state index in [1.165, 1.54) is 26.9 Å². The third kappa shape index (κ3) is 2.82. The fourth-order valence-corrected chi connectivity index (χ4v) is 3.27. The number of hydrogen-bond acceptors (Lipinski definition) is 4. The van der Waals surface area contributed by atoms with E-state index >= 15 is 0 Å². The predicted molar refractivity (Wildman–Crippen MR) is 95.6 cm³/mol. The molecule has 0 saturated carbocycles. The zero-order valence-electron chi connectivity index (χ0n) is 13.8. The van der Waals surface area contributed by atoms with Gasteiger partial charge in [0.15, 0.2) is 11.5 Å². The van der Waals surface area contributed by atoms with Crippen molar-refractivity contribution < 1.29 is 19.0 Å². The van der Waals surface area contributed by atoms with Crippen LogP contribution in [0.4, 0.5) is 5.69 Å². The molecule has 0 aliphatic carbocycles. The lowest BCUT2D eigenvalue weighted by Crippen LogP contribution is -2.29. The second-order valence-corrected chi connectivity index (χ2v) is 6.31. The van der Waals surface area contributed by atoms with Crippen LogP contribution in [0.15, 0.2) is 34.8 Å². The molecule has 6 heteroatoms. The molecule has 0 bridgehead atoms.